The molecular formula is C21H16NO2+. The minimum absolute atomic E-state index is 0.249. The lowest BCUT2D eigenvalue weighted by atomic mass is 10.1. The van der Waals surface area contributed by atoms with Crippen LogP contribution in [0.2, 0.25) is 0 Å². The van der Waals surface area contributed by atoms with E-state index >= 15 is 0 Å². The average Bonchev–Trinajstić information content (AvgIpc) is 2.64. The summed E-state index contributed by atoms with van der Waals surface area (Å²) < 4.78 is 6.07. The number of nitrogens with one attached hydrogen (secondary N) is 1. The third kappa shape index (κ3) is 2.79. The summed E-state index contributed by atoms with van der Waals surface area (Å²) in [7, 11) is 0. The van der Waals surface area contributed by atoms with E-state index in [1.54, 1.807) is 12.1 Å². The SMILES string of the molecule is Oc1ccc([NH+]=c2cc(-c3ccccc3)oc3ccccc23)cc1. The maximum atomic E-state index is 9.44. The van der Waals surface area contributed by atoms with E-state index in [0.29, 0.717) is 0 Å². The van der Waals surface area contributed by atoms with Gasteiger partial charge in [0.15, 0.2) is 0 Å². The molecule has 0 aliphatic carbocycles. The Kier molecular flexibility index (Phi) is 3.60. The smallest absolute Gasteiger partial charge is 0.218 e. The lowest BCUT2D eigenvalue weighted by Gasteiger charge is -2.02. The number of rotatable bonds is 2. The standard InChI is InChI=1S/C21H15NO2/c23-17-12-10-16(11-13-17)22-19-14-21(15-6-2-1-3-7-15)24-20-9-5-4-8-18(19)20/h1-14,23H/p+1. The Morgan fingerprint density at radius 1 is 0.750 bits per heavy atom. The highest BCUT2D eigenvalue weighted by molar-refractivity contribution is 5.77. The molecule has 2 N–H and O–H groups in total. The molecule has 0 atom stereocenters. The highest BCUT2D eigenvalue weighted by Crippen LogP contribution is 2.21. The zero-order valence-corrected chi connectivity index (χ0v) is 12.9. The maximum absolute atomic E-state index is 9.44. The van der Waals surface area contributed by atoms with Crippen LogP contribution in [0.1, 0.15) is 0 Å². The zero-order valence-electron chi connectivity index (χ0n) is 12.9. The second kappa shape index (κ2) is 6.05. The summed E-state index contributed by atoms with van der Waals surface area (Å²) in [6.45, 7) is 0. The molecule has 1 heterocycles. The molecule has 0 saturated carbocycles. The number of hydrogen-bond acceptors (Lipinski definition) is 2. The van der Waals surface area contributed by atoms with E-state index in [-0.39, 0.29) is 5.75 Å². The Morgan fingerprint density at radius 3 is 2.25 bits per heavy atom. The quantitative estimate of drug-likeness (QED) is 0.559. The summed E-state index contributed by atoms with van der Waals surface area (Å²) in [4.78, 5) is 3.41. The molecule has 0 unspecified atom stereocenters. The lowest BCUT2D eigenvalue weighted by Crippen LogP contribution is -2.70. The van der Waals surface area contributed by atoms with Crippen LogP contribution in [0.15, 0.2) is 89.3 Å². The Bertz CT molecular complexity index is 1050. The van der Waals surface area contributed by atoms with E-state index in [1.165, 1.54) is 0 Å². The van der Waals surface area contributed by atoms with Gasteiger partial charge in [-0.15, -0.1) is 0 Å². The van der Waals surface area contributed by atoms with Crippen LogP contribution >= 0.6 is 0 Å². The van der Waals surface area contributed by atoms with Gasteiger partial charge in [-0.05, 0) is 24.3 Å². The van der Waals surface area contributed by atoms with Crippen LogP contribution in [0.3, 0.4) is 0 Å². The van der Waals surface area contributed by atoms with Crippen molar-refractivity contribution in [1.82, 2.24) is 0 Å². The van der Waals surface area contributed by atoms with E-state index in [0.717, 1.165) is 33.3 Å². The van der Waals surface area contributed by atoms with E-state index in [9.17, 15) is 5.11 Å². The molecule has 3 nitrogen and oxygen atoms in total. The Balaban J connectivity index is 1.98. The molecule has 0 radical (unpaired) electrons. The van der Waals surface area contributed by atoms with Crippen LogP contribution in [-0.2, 0) is 0 Å². The van der Waals surface area contributed by atoms with E-state index < -0.39 is 0 Å². The summed E-state index contributed by atoms with van der Waals surface area (Å²) in [6.07, 6.45) is 0. The molecule has 0 bridgehead atoms. The highest BCUT2D eigenvalue weighted by atomic mass is 16.3. The minimum Gasteiger partial charge on any atom is -0.508 e. The first-order valence-corrected chi connectivity index (χ1v) is 7.77. The summed E-state index contributed by atoms with van der Waals surface area (Å²) in [5, 5.41) is 11.4. The van der Waals surface area contributed by atoms with Crippen molar-refractivity contribution in [1.29, 1.82) is 0 Å². The van der Waals surface area contributed by atoms with Crippen molar-refractivity contribution < 1.29 is 14.5 Å². The van der Waals surface area contributed by atoms with Crippen LogP contribution in [0, 0.1) is 0 Å². The number of hydrogen-bond donors (Lipinski definition) is 2. The average molecular weight is 314 g/mol. The van der Waals surface area contributed by atoms with E-state index in [4.69, 9.17) is 4.42 Å². The molecule has 0 amide bonds. The topological polar surface area (TPSA) is 47.3 Å². The molecule has 24 heavy (non-hydrogen) atoms. The number of para-hydroxylation sites is 1. The molecule has 116 valence electrons. The fraction of sp³-hybridized carbons (Fsp3) is 0. The van der Waals surface area contributed by atoms with Gasteiger partial charge in [0, 0.05) is 17.7 Å². The summed E-state index contributed by atoms with van der Waals surface area (Å²) >= 11 is 0. The predicted octanol–water partition coefficient (Wildman–Crippen LogP) is 3.12. The first-order chi connectivity index (χ1) is 11.8. The molecule has 0 spiro atoms. The number of benzene rings is 3. The monoisotopic (exact) mass is 314 g/mol. The molecular weight excluding hydrogens is 298 g/mol. The summed E-state index contributed by atoms with van der Waals surface area (Å²) in [5.74, 6) is 1.05. The van der Waals surface area contributed by atoms with Gasteiger partial charge in [0.25, 0.3) is 0 Å². The van der Waals surface area contributed by atoms with Gasteiger partial charge in [0.05, 0.1) is 11.5 Å². The first kappa shape index (κ1) is 14.3. The van der Waals surface area contributed by atoms with Crippen molar-refractivity contribution in [3.8, 4) is 17.1 Å². The number of phenols is 1. The zero-order chi connectivity index (χ0) is 16.4. The van der Waals surface area contributed by atoms with Crippen molar-refractivity contribution in [2.45, 2.75) is 0 Å². The van der Waals surface area contributed by atoms with Crippen molar-refractivity contribution in [3.63, 3.8) is 0 Å². The van der Waals surface area contributed by atoms with Gasteiger partial charge in [-0.1, -0.05) is 42.5 Å². The lowest BCUT2D eigenvalue weighted by molar-refractivity contribution is -0.400. The van der Waals surface area contributed by atoms with Crippen LogP contribution in [0.5, 0.6) is 5.75 Å². The summed E-state index contributed by atoms with van der Waals surface area (Å²) in [6, 6.07) is 27.0. The Morgan fingerprint density at radius 2 is 1.46 bits per heavy atom. The molecule has 1 aromatic heterocycles. The number of aromatic hydroxyl groups is 1. The van der Waals surface area contributed by atoms with Crippen molar-refractivity contribution in [3.05, 3.63) is 90.3 Å². The molecule has 3 heteroatoms. The normalized spacial score (nSPS) is 11.8. The molecule has 0 aliphatic heterocycles. The van der Waals surface area contributed by atoms with Gasteiger partial charge < -0.3 is 9.52 Å². The van der Waals surface area contributed by atoms with Crippen LogP contribution in [0.25, 0.3) is 22.3 Å². The second-order valence-electron chi connectivity index (χ2n) is 5.56. The van der Waals surface area contributed by atoms with Crippen molar-refractivity contribution in [2.24, 2.45) is 0 Å². The largest absolute Gasteiger partial charge is 0.508 e. The van der Waals surface area contributed by atoms with Gasteiger partial charge in [-0.25, -0.2) is 4.99 Å². The Labute approximate surface area is 139 Å². The number of fused-ring (bicyclic) bond motifs is 1. The van der Waals surface area contributed by atoms with Gasteiger partial charge in [0.1, 0.15) is 17.1 Å². The van der Waals surface area contributed by atoms with Crippen molar-refractivity contribution in [2.75, 3.05) is 0 Å². The van der Waals surface area contributed by atoms with Gasteiger partial charge in [0.2, 0.25) is 11.0 Å². The van der Waals surface area contributed by atoms with Crippen LogP contribution < -0.4 is 10.3 Å². The van der Waals surface area contributed by atoms with Gasteiger partial charge in [-0.3, -0.25) is 0 Å². The van der Waals surface area contributed by atoms with Gasteiger partial charge in [-0.2, -0.15) is 0 Å². The highest BCUT2D eigenvalue weighted by Gasteiger charge is 2.08. The number of phenolic OH excluding ortho intramolecular Hbond substituents is 1. The fourth-order valence-electron chi connectivity index (χ4n) is 2.68. The minimum atomic E-state index is 0.249. The first-order valence-electron chi connectivity index (χ1n) is 7.77. The van der Waals surface area contributed by atoms with E-state index in [1.807, 2.05) is 72.8 Å². The molecule has 0 aliphatic rings. The third-order valence-electron chi connectivity index (χ3n) is 3.88. The third-order valence-corrected chi connectivity index (χ3v) is 3.88. The molecule has 0 fully saturated rings. The molecule has 4 aromatic rings. The van der Waals surface area contributed by atoms with Gasteiger partial charge >= 0.3 is 0 Å². The molecule has 0 saturated heterocycles. The second-order valence-corrected chi connectivity index (χ2v) is 5.56. The molecule has 3 aromatic carbocycles. The van der Waals surface area contributed by atoms with E-state index in [2.05, 4.69) is 4.99 Å². The predicted molar refractivity (Wildman–Crippen MR) is 93.5 cm³/mol. The van der Waals surface area contributed by atoms with Crippen molar-refractivity contribution >= 4 is 16.7 Å². The fourth-order valence-corrected chi connectivity index (χ4v) is 2.68. The summed E-state index contributed by atoms with van der Waals surface area (Å²) in [5.41, 5.74) is 2.75. The Hall–Kier alpha value is -3.33. The van der Waals surface area contributed by atoms with Crippen LogP contribution in [-0.4, -0.2) is 5.11 Å². The van der Waals surface area contributed by atoms with Crippen LogP contribution in [0.4, 0.5) is 5.69 Å². The maximum Gasteiger partial charge on any atom is 0.218 e. The molecule has 4 rings (SSSR count).